The third-order valence-electron chi connectivity index (χ3n) is 20.3. The van der Waals surface area contributed by atoms with E-state index < -0.39 is 27.6 Å². The highest BCUT2D eigenvalue weighted by molar-refractivity contribution is 5.83. The van der Waals surface area contributed by atoms with Gasteiger partial charge in [0.2, 0.25) is 0 Å². The molecule has 0 aliphatic carbocycles. The quantitative estimate of drug-likeness (QED) is 0.0250. The van der Waals surface area contributed by atoms with Crippen molar-refractivity contribution in [1.29, 1.82) is 0 Å². The monoisotopic (exact) mass is 1200 g/mol. The Morgan fingerprint density at radius 3 is 0.518 bits per heavy atom. The van der Waals surface area contributed by atoms with E-state index in [0.29, 0.717) is 0 Å². The van der Waals surface area contributed by atoms with Crippen LogP contribution in [0.5, 0.6) is 0 Å². The molecule has 4 unspecified atom stereocenters. The Bertz CT molecular complexity index is 1530. The molecule has 4 atom stereocenters. The highest BCUT2D eigenvalue weighted by Gasteiger charge is 2.55. The van der Waals surface area contributed by atoms with E-state index >= 15 is 19.2 Å². The second-order valence-electron chi connectivity index (χ2n) is 27.8. The molecule has 0 spiro atoms. The van der Waals surface area contributed by atoms with Crippen molar-refractivity contribution in [1.82, 2.24) is 19.6 Å². The molecule has 0 aromatic rings. The van der Waals surface area contributed by atoms with Gasteiger partial charge in [0.25, 0.3) is 0 Å². The van der Waals surface area contributed by atoms with Gasteiger partial charge >= 0.3 is 23.9 Å². The summed E-state index contributed by atoms with van der Waals surface area (Å²) < 4.78 is 27.8. The lowest BCUT2D eigenvalue weighted by atomic mass is 9.84. The van der Waals surface area contributed by atoms with Crippen LogP contribution in [-0.2, 0) is 38.1 Å². The molecule has 12 heteroatoms. The van der Waals surface area contributed by atoms with Crippen molar-refractivity contribution in [3.63, 3.8) is 0 Å². The van der Waals surface area contributed by atoms with Gasteiger partial charge in [-0.3, -0.25) is 38.8 Å². The van der Waals surface area contributed by atoms with Gasteiger partial charge in [-0.15, -0.1) is 0 Å². The second kappa shape index (κ2) is 42.7. The van der Waals surface area contributed by atoms with Gasteiger partial charge in [-0.05, 0) is 51.4 Å². The summed E-state index contributed by atoms with van der Waals surface area (Å²) in [5.74, 6) is -0.964. The lowest BCUT2D eigenvalue weighted by molar-refractivity contribution is -0.183. The fraction of sp³-hybridized carbons (Fsp3) is 0.945. The van der Waals surface area contributed by atoms with Gasteiger partial charge in [-0.1, -0.05) is 287 Å². The third kappa shape index (κ3) is 25.9. The maximum atomic E-state index is 15.6. The summed E-state index contributed by atoms with van der Waals surface area (Å²) in [7, 11) is 0. The number of nitrogens with zero attached hydrogens (tertiary/aromatic N) is 4. The summed E-state index contributed by atoms with van der Waals surface area (Å²) in [5, 5.41) is 0. The number of hydrogen-bond acceptors (Lipinski definition) is 12. The number of unbranched alkanes of at least 4 members (excludes halogenated alkanes) is 28. The highest BCUT2D eigenvalue weighted by atomic mass is 16.6. The van der Waals surface area contributed by atoms with Gasteiger partial charge in [0.1, 0.15) is 54.0 Å². The van der Waals surface area contributed by atoms with E-state index in [4.69, 9.17) is 18.9 Å². The summed E-state index contributed by atoms with van der Waals surface area (Å²) in [6, 6.07) is 0. The molecule has 85 heavy (non-hydrogen) atoms. The Morgan fingerprint density at radius 1 is 0.235 bits per heavy atom. The van der Waals surface area contributed by atoms with E-state index in [-0.39, 0.29) is 50.3 Å². The fourth-order valence-corrected chi connectivity index (χ4v) is 14.1. The molecular formula is C73H136N4O8. The molecule has 0 amide bonds. The minimum Gasteiger partial charge on any atom is -0.463 e. The maximum Gasteiger partial charge on any atom is 0.326 e. The van der Waals surface area contributed by atoms with Crippen molar-refractivity contribution in [3.8, 4) is 0 Å². The van der Waals surface area contributed by atoms with E-state index in [9.17, 15) is 0 Å². The molecule has 12 nitrogen and oxygen atoms in total. The fourth-order valence-electron chi connectivity index (χ4n) is 14.1. The van der Waals surface area contributed by atoms with Crippen LogP contribution in [0.3, 0.4) is 0 Å². The summed E-state index contributed by atoms with van der Waals surface area (Å²) in [5.41, 5.74) is -4.50. The van der Waals surface area contributed by atoms with Crippen LogP contribution in [0.25, 0.3) is 0 Å². The summed E-state index contributed by atoms with van der Waals surface area (Å²) in [6.45, 7) is 24.0. The molecule has 4 aliphatic heterocycles. The lowest BCUT2D eigenvalue weighted by Gasteiger charge is -2.40. The molecule has 4 heterocycles. The molecule has 0 aromatic carbocycles. The first kappa shape index (κ1) is 75.2. The van der Waals surface area contributed by atoms with Crippen LogP contribution in [0.1, 0.15) is 338 Å². The molecule has 4 rings (SSSR count). The lowest BCUT2D eigenvalue weighted by Crippen LogP contribution is -2.54. The normalized spacial score (nSPS) is 18.8. The van der Waals surface area contributed by atoms with E-state index in [1.54, 1.807) is 0 Å². The number of hydrogen-bond donors (Lipinski definition) is 0. The van der Waals surface area contributed by atoms with Gasteiger partial charge in [0, 0.05) is 52.4 Å². The standard InChI is InChI=1S/C73H136N4O8/c1-9-17-25-33-41-49-70(74-53-54-74,45-37-29-21-13-5)65(78)82-61-69(62-83-66(79)71(75-55-56-75,46-38-30-22-14-6)50-42-34-26-18-10-2,63-84-67(80)72(76-57-58-76,47-39-31-23-15-7)51-43-35-27-19-11-3)64-85-68(81)73(77-59-60-77,48-40-32-24-16-8)52-44-36-28-20-12-4/h9-64H2,1-8H3. The Hall–Kier alpha value is -2.28. The van der Waals surface area contributed by atoms with Crippen LogP contribution in [0.4, 0.5) is 0 Å². The number of carbonyl (C=O) groups is 4. The molecule has 496 valence electrons. The van der Waals surface area contributed by atoms with Gasteiger partial charge in [-0.2, -0.15) is 0 Å². The molecule has 4 fully saturated rings. The number of carbonyl (C=O) groups excluding carboxylic acids is 4. The minimum atomic E-state index is -1.37. The first-order chi connectivity index (χ1) is 41.4. The number of esters is 4. The molecule has 0 aromatic heterocycles. The Balaban J connectivity index is 1.89. The molecule has 0 N–H and O–H groups in total. The Morgan fingerprint density at radius 2 is 0.376 bits per heavy atom. The van der Waals surface area contributed by atoms with Gasteiger partial charge in [-0.25, -0.2) is 0 Å². The highest BCUT2D eigenvalue weighted by Crippen LogP contribution is 2.42. The first-order valence-electron chi connectivity index (χ1n) is 37.1. The van der Waals surface area contributed by atoms with Gasteiger partial charge in [0.15, 0.2) is 0 Å². The summed E-state index contributed by atoms with van der Waals surface area (Å²) in [4.78, 5) is 72.0. The van der Waals surface area contributed by atoms with Crippen LogP contribution in [0.2, 0.25) is 0 Å². The van der Waals surface area contributed by atoms with E-state index in [2.05, 4.69) is 75.0 Å². The molecule has 0 bridgehead atoms. The number of ether oxygens (including phenoxy) is 4. The first-order valence-corrected chi connectivity index (χ1v) is 37.1. The molecule has 0 saturated carbocycles. The largest absolute Gasteiger partial charge is 0.463 e. The zero-order chi connectivity index (χ0) is 61.5. The van der Waals surface area contributed by atoms with Crippen molar-refractivity contribution in [3.05, 3.63) is 0 Å². The molecular weight excluding hydrogens is 1060 g/mol. The van der Waals surface area contributed by atoms with Crippen molar-refractivity contribution in [2.24, 2.45) is 5.41 Å². The van der Waals surface area contributed by atoms with Crippen LogP contribution < -0.4 is 0 Å². The zero-order valence-corrected chi connectivity index (χ0v) is 57.2. The van der Waals surface area contributed by atoms with E-state index in [1.165, 1.54) is 25.7 Å². The predicted molar refractivity (Wildman–Crippen MR) is 352 cm³/mol. The predicted octanol–water partition coefficient (Wildman–Crippen LogP) is 17.7. The van der Waals surface area contributed by atoms with Crippen LogP contribution in [0, 0.1) is 5.41 Å². The smallest absolute Gasteiger partial charge is 0.326 e. The Kier molecular flexibility index (Phi) is 37.7. The van der Waals surface area contributed by atoms with Crippen LogP contribution >= 0.6 is 0 Å². The summed E-state index contributed by atoms with van der Waals surface area (Å²) in [6.07, 6.45) is 44.7. The average Bonchev–Trinajstić information content (AvgIpc) is 2.47. The second-order valence-corrected chi connectivity index (χ2v) is 27.8. The van der Waals surface area contributed by atoms with Crippen molar-refractivity contribution < 1.29 is 38.1 Å². The minimum absolute atomic E-state index is 0.196. The van der Waals surface area contributed by atoms with Gasteiger partial charge in [0.05, 0.1) is 0 Å². The van der Waals surface area contributed by atoms with E-state index in [1.807, 2.05) is 0 Å². The zero-order valence-electron chi connectivity index (χ0n) is 57.2. The van der Waals surface area contributed by atoms with Crippen LogP contribution in [0.15, 0.2) is 0 Å². The van der Waals surface area contributed by atoms with Crippen LogP contribution in [-0.4, -0.2) is 144 Å². The van der Waals surface area contributed by atoms with Crippen molar-refractivity contribution in [2.75, 3.05) is 78.8 Å². The number of rotatable bonds is 60. The molecule has 4 aliphatic rings. The third-order valence-corrected chi connectivity index (χ3v) is 20.3. The summed E-state index contributed by atoms with van der Waals surface area (Å²) >= 11 is 0. The maximum absolute atomic E-state index is 15.6. The average molecular weight is 1200 g/mol. The van der Waals surface area contributed by atoms with E-state index in [0.717, 1.165) is 309 Å². The Labute approximate surface area is 523 Å². The molecule has 4 saturated heterocycles. The topological polar surface area (TPSA) is 117 Å². The van der Waals surface area contributed by atoms with Gasteiger partial charge < -0.3 is 18.9 Å². The SMILES string of the molecule is CCCCCCCC(CCCCCC)(C(=O)OCC(COC(=O)C(CCCCCC)(CCCCCCC)N1CC1)(COC(=O)C(CCCCCC)(CCCCCCC)N1CC1)COC(=O)C(CCCCCC)(CCCCCCC)N1CC1)N1CC1. The van der Waals surface area contributed by atoms with Crippen molar-refractivity contribution >= 4 is 23.9 Å². The van der Waals surface area contributed by atoms with Crippen molar-refractivity contribution in [2.45, 2.75) is 360 Å². The molecule has 0 radical (unpaired) electrons.